The lowest BCUT2D eigenvalue weighted by molar-refractivity contribution is 0.102. The number of benzene rings is 1. The molecule has 3 aromatic rings. The molecule has 1 amide bonds. The topological polar surface area (TPSA) is 115 Å². The lowest BCUT2D eigenvalue weighted by atomic mass is 10.2. The molecule has 0 radical (unpaired) electrons. The standard InChI is InChI=1S/C18H21F2N7OS/c1-26(8-4-7-21)18-12(9-23-27(18)2)24-16(28)14-15(22)29-17(25-14)13-10(19)5-3-6-11(13)20/h3,5-6,9H,4,7-8,21-22H2,1-2H3,(H,24,28). The zero-order valence-electron chi connectivity index (χ0n) is 15.9. The number of nitrogen functional groups attached to an aromatic ring is 1. The number of nitrogens with two attached hydrogens (primary N) is 2. The van der Waals surface area contributed by atoms with Gasteiger partial charge in [-0.15, -0.1) is 0 Å². The average molecular weight is 421 g/mol. The summed E-state index contributed by atoms with van der Waals surface area (Å²) >= 11 is 0.842. The highest BCUT2D eigenvalue weighted by Gasteiger charge is 2.23. The normalized spacial score (nSPS) is 10.9. The van der Waals surface area contributed by atoms with E-state index in [1.165, 1.54) is 12.3 Å². The van der Waals surface area contributed by atoms with Gasteiger partial charge in [0.2, 0.25) is 0 Å². The molecule has 1 aromatic carbocycles. The van der Waals surface area contributed by atoms with Crippen LogP contribution in [0.4, 0.5) is 25.3 Å². The van der Waals surface area contributed by atoms with Crippen LogP contribution in [0.5, 0.6) is 0 Å². The molecular formula is C18H21F2N7OS. The van der Waals surface area contributed by atoms with E-state index in [0.717, 1.165) is 29.9 Å². The molecule has 2 aromatic heterocycles. The Bertz CT molecular complexity index is 1010. The van der Waals surface area contributed by atoms with E-state index in [9.17, 15) is 13.6 Å². The van der Waals surface area contributed by atoms with Gasteiger partial charge >= 0.3 is 0 Å². The van der Waals surface area contributed by atoms with Gasteiger partial charge in [-0.1, -0.05) is 17.4 Å². The Balaban J connectivity index is 1.87. The molecule has 29 heavy (non-hydrogen) atoms. The van der Waals surface area contributed by atoms with Gasteiger partial charge in [-0.05, 0) is 25.1 Å². The molecular weight excluding hydrogens is 400 g/mol. The quantitative estimate of drug-likeness (QED) is 0.540. The predicted octanol–water partition coefficient (Wildman–Crippen LogP) is 2.44. The van der Waals surface area contributed by atoms with E-state index in [-0.39, 0.29) is 21.3 Å². The molecule has 5 N–H and O–H groups in total. The molecule has 8 nitrogen and oxygen atoms in total. The molecule has 0 atom stereocenters. The van der Waals surface area contributed by atoms with E-state index in [2.05, 4.69) is 15.4 Å². The van der Waals surface area contributed by atoms with Crippen LogP contribution >= 0.6 is 11.3 Å². The summed E-state index contributed by atoms with van der Waals surface area (Å²) in [5.41, 5.74) is 11.5. The van der Waals surface area contributed by atoms with Crippen molar-refractivity contribution in [2.45, 2.75) is 6.42 Å². The van der Waals surface area contributed by atoms with Crippen molar-refractivity contribution in [3.63, 3.8) is 0 Å². The largest absolute Gasteiger partial charge is 0.389 e. The highest BCUT2D eigenvalue weighted by molar-refractivity contribution is 7.19. The first kappa shape index (κ1) is 20.7. The van der Waals surface area contributed by atoms with E-state index in [0.29, 0.717) is 24.6 Å². The highest BCUT2D eigenvalue weighted by Crippen LogP contribution is 2.34. The van der Waals surface area contributed by atoms with Gasteiger partial charge < -0.3 is 21.7 Å². The monoisotopic (exact) mass is 421 g/mol. The van der Waals surface area contributed by atoms with Crippen LogP contribution in [0.15, 0.2) is 24.4 Å². The molecule has 0 saturated heterocycles. The molecule has 3 rings (SSSR count). The minimum atomic E-state index is -0.776. The van der Waals surface area contributed by atoms with Crippen LogP contribution < -0.4 is 21.7 Å². The summed E-state index contributed by atoms with van der Waals surface area (Å²) in [4.78, 5) is 18.7. The summed E-state index contributed by atoms with van der Waals surface area (Å²) in [5, 5.41) is 6.95. The number of aromatic nitrogens is 3. The Hall–Kier alpha value is -3.05. The van der Waals surface area contributed by atoms with Crippen molar-refractivity contribution >= 4 is 33.8 Å². The molecule has 0 fully saturated rings. The number of halogens is 2. The first-order chi connectivity index (χ1) is 13.8. The molecule has 0 aliphatic rings. The fraction of sp³-hybridized carbons (Fsp3) is 0.278. The number of nitrogens with zero attached hydrogens (tertiary/aromatic N) is 4. The van der Waals surface area contributed by atoms with Crippen molar-refractivity contribution < 1.29 is 13.6 Å². The molecule has 0 aliphatic heterocycles. The van der Waals surface area contributed by atoms with Crippen LogP contribution in [-0.2, 0) is 7.05 Å². The van der Waals surface area contributed by atoms with Gasteiger partial charge in [0.15, 0.2) is 11.5 Å². The van der Waals surface area contributed by atoms with Gasteiger partial charge in [-0.25, -0.2) is 13.8 Å². The first-order valence-corrected chi connectivity index (χ1v) is 9.60. The van der Waals surface area contributed by atoms with Crippen molar-refractivity contribution in [2.24, 2.45) is 12.8 Å². The molecule has 0 spiro atoms. The lowest BCUT2D eigenvalue weighted by Crippen LogP contribution is -2.25. The minimum Gasteiger partial charge on any atom is -0.389 e. The molecule has 0 saturated carbocycles. The summed E-state index contributed by atoms with van der Waals surface area (Å²) in [6.45, 7) is 1.21. The third-order valence-corrected chi connectivity index (χ3v) is 5.16. The van der Waals surface area contributed by atoms with Crippen LogP contribution in [-0.4, -0.2) is 40.8 Å². The summed E-state index contributed by atoms with van der Waals surface area (Å²) < 4.78 is 29.7. The van der Waals surface area contributed by atoms with Crippen LogP contribution in [0.1, 0.15) is 16.9 Å². The van der Waals surface area contributed by atoms with E-state index in [4.69, 9.17) is 11.5 Å². The molecule has 0 unspecified atom stereocenters. The van der Waals surface area contributed by atoms with Gasteiger partial charge in [0, 0.05) is 20.6 Å². The fourth-order valence-corrected chi connectivity index (χ4v) is 3.77. The Morgan fingerprint density at radius 3 is 2.69 bits per heavy atom. The van der Waals surface area contributed by atoms with E-state index >= 15 is 0 Å². The molecule has 2 heterocycles. The second-order valence-electron chi connectivity index (χ2n) is 6.35. The maximum Gasteiger partial charge on any atom is 0.277 e. The van der Waals surface area contributed by atoms with Gasteiger partial charge in [0.25, 0.3) is 5.91 Å². The van der Waals surface area contributed by atoms with Crippen molar-refractivity contribution in [3.8, 4) is 10.6 Å². The maximum atomic E-state index is 14.0. The highest BCUT2D eigenvalue weighted by atomic mass is 32.1. The summed E-state index contributed by atoms with van der Waals surface area (Å²) in [5.74, 6) is -1.47. The predicted molar refractivity (Wildman–Crippen MR) is 110 cm³/mol. The lowest BCUT2D eigenvalue weighted by Gasteiger charge is -2.20. The Morgan fingerprint density at radius 1 is 1.34 bits per heavy atom. The van der Waals surface area contributed by atoms with E-state index in [1.807, 2.05) is 11.9 Å². The molecule has 0 bridgehead atoms. The van der Waals surface area contributed by atoms with Crippen LogP contribution in [0, 0.1) is 11.6 Å². The average Bonchev–Trinajstić information content (AvgIpc) is 3.22. The van der Waals surface area contributed by atoms with Gasteiger partial charge in [-0.3, -0.25) is 9.48 Å². The molecule has 11 heteroatoms. The van der Waals surface area contributed by atoms with Crippen molar-refractivity contribution in [1.82, 2.24) is 14.8 Å². The first-order valence-electron chi connectivity index (χ1n) is 8.78. The fourth-order valence-electron chi connectivity index (χ4n) is 2.89. The number of rotatable bonds is 7. The van der Waals surface area contributed by atoms with Gasteiger partial charge in [0.05, 0.1) is 11.8 Å². The number of aryl methyl sites for hydroxylation is 1. The summed E-state index contributed by atoms with van der Waals surface area (Å²) in [6, 6.07) is 3.49. The number of carbonyl (C=O) groups excluding carboxylic acids is 1. The zero-order valence-corrected chi connectivity index (χ0v) is 16.8. The van der Waals surface area contributed by atoms with Crippen molar-refractivity contribution in [3.05, 3.63) is 41.7 Å². The zero-order chi connectivity index (χ0) is 21.1. The Labute approximate surface area is 170 Å². The third kappa shape index (κ3) is 4.20. The third-order valence-electron chi connectivity index (χ3n) is 4.26. The number of hydrogen-bond acceptors (Lipinski definition) is 7. The molecule has 154 valence electrons. The van der Waals surface area contributed by atoms with E-state index < -0.39 is 17.5 Å². The Morgan fingerprint density at radius 2 is 2.03 bits per heavy atom. The van der Waals surface area contributed by atoms with Gasteiger partial charge in [-0.2, -0.15) is 5.10 Å². The number of anilines is 3. The number of thiazole rings is 1. The van der Waals surface area contributed by atoms with Crippen LogP contribution in [0.3, 0.4) is 0 Å². The Kier molecular flexibility index (Phi) is 6.09. The summed E-state index contributed by atoms with van der Waals surface area (Å²) in [7, 11) is 3.61. The van der Waals surface area contributed by atoms with Crippen LogP contribution in [0.25, 0.3) is 10.6 Å². The van der Waals surface area contributed by atoms with Crippen LogP contribution in [0.2, 0.25) is 0 Å². The van der Waals surface area contributed by atoms with Gasteiger partial charge in [0.1, 0.15) is 27.3 Å². The summed E-state index contributed by atoms with van der Waals surface area (Å²) in [6.07, 6.45) is 2.28. The number of amides is 1. The minimum absolute atomic E-state index is 0.00489. The number of carbonyl (C=O) groups is 1. The van der Waals surface area contributed by atoms with E-state index in [1.54, 1.807) is 11.7 Å². The SMILES string of the molecule is CN(CCCN)c1c(NC(=O)c2nc(-c3c(F)cccc3F)sc2N)cnn1C. The smallest absolute Gasteiger partial charge is 0.277 e. The maximum absolute atomic E-state index is 14.0. The second-order valence-corrected chi connectivity index (χ2v) is 7.38. The number of hydrogen-bond donors (Lipinski definition) is 3. The second kappa shape index (κ2) is 8.53. The van der Waals surface area contributed by atoms with Crippen molar-refractivity contribution in [1.29, 1.82) is 0 Å². The molecule has 0 aliphatic carbocycles. The number of nitrogens with one attached hydrogen (secondary N) is 1. The van der Waals surface area contributed by atoms with Crippen molar-refractivity contribution in [2.75, 3.05) is 36.1 Å².